The molecule has 0 radical (unpaired) electrons. The number of hydrogen-bond acceptors (Lipinski definition) is 3. The minimum atomic E-state index is -0.295. The van der Waals surface area contributed by atoms with E-state index in [-0.39, 0.29) is 19.1 Å². The maximum atomic E-state index is 9.14. The lowest BCUT2D eigenvalue weighted by atomic mass is 10.0. The maximum absolute atomic E-state index is 9.14. The number of nitrogens with zero attached hydrogens (tertiary/aromatic N) is 1. The molecule has 0 saturated carbocycles. The van der Waals surface area contributed by atoms with Crippen LogP contribution < -0.4 is 0 Å². The molecule has 0 amide bonds. The minimum absolute atomic E-state index is 0.0858. The lowest BCUT2D eigenvalue weighted by molar-refractivity contribution is 0.191. The van der Waals surface area contributed by atoms with Gasteiger partial charge in [0.15, 0.2) is 0 Å². The molecule has 0 atom stereocenters. The van der Waals surface area contributed by atoms with E-state index in [1.165, 1.54) is 0 Å². The summed E-state index contributed by atoms with van der Waals surface area (Å²) in [5.41, 5.74) is 0.762. The molecule has 15 heavy (non-hydrogen) atoms. The Bertz CT molecular complexity index is 447. The standard InChI is InChI=1S/C12H13NO2/c14-7-10(8-15)12-11-4-2-1-3-9(11)5-6-13-12/h1-6,10,14-15H,7-8H2. The Labute approximate surface area is 88.0 Å². The Balaban J connectivity index is 2.59. The number of fused-ring (bicyclic) bond motifs is 1. The third-order valence-corrected chi connectivity index (χ3v) is 2.53. The van der Waals surface area contributed by atoms with Gasteiger partial charge in [0, 0.05) is 17.5 Å². The van der Waals surface area contributed by atoms with Crippen LogP contribution >= 0.6 is 0 Å². The van der Waals surface area contributed by atoms with Gasteiger partial charge in [0.1, 0.15) is 0 Å². The zero-order valence-corrected chi connectivity index (χ0v) is 8.30. The van der Waals surface area contributed by atoms with Crippen molar-refractivity contribution in [2.75, 3.05) is 13.2 Å². The Morgan fingerprint density at radius 1 is 1.07 bits per heavy atom. The van der Waals surface area contributed by atoms with Crippen LogP contribution in [0, 0.1) is 0 Å². The van der Waals surface area contributed by atoms with Crippen LogP contribution in [0.1, 0.15) is 11.6 Å². The molecule has 78 valence electrons. The van der Waals surface area contributed by atoms with E-state index in [1.807, 2.05) is 30.3 Å². The van der Waals surface area contributed by atoms with Gasteiger partial charge in [-0.2, -0.15) is 0 Å². The average molecular weight is 203 g/mol. The molecule has 3 nitrogen and oxygen atoms in total. The molecule has 1 aromatic carbocycles. The number of hydrogen-bond donors (Lipinski definition) is 2. The second-order valence-electron chi connectivity index (χ2n) is 3.48. The molecule has 2 rings (SSSR count). The first-order chi connectivity index (χ1) is 7.36. The molecule has 0 fully saturated rings. The largest absolute Gasteiger partial charge is 0.396 e. The van der Waals surface area contributed by atoms with Crippen LogP contribution in [0.15, 0.2) is 36.5 Å². The van der Waals surface area contributed by atoms with Crippen LogP contribution in [-0.2, 0) is 0 Å². The predicted molar refractivity (Wildman–Crippen MR) is 58.7 cm³/mol. The van der Waals surface area contributed by atoms with Crippen molar-refractivity contribution < 1.29 is 10.2 Å². The van der Waals surface area contributed by atoms with Gasteiger partial charge in [-0.25, -0.2) is 0 Å². The summed E-state index contributed by atoms with van der Waals surface area (Å²) in [6.45, 7) is -0.172. The van der Waals surface area contributed by atoms with E-state index in [2.05, 4.69) is 4.98 Å². The van der Waals surface area contributed by atoms with E-state index in [0.29, 0.717) is 0 Å². The fourth-order valence-electron chi connectivity index (χ4n) is 1.70. The lowest BCUT2D eigenvalue weighted by Crippen LogP contribution is -2.11. The second-order valence-corrected chi connectivity index (χ2v) is 3.48. The predicted octanol–water partition coefficient (Wildman–Crippen LogP) is 1.30. The smallest absolute Gasteiger partial charge is 0.0558 e. The zero-order chi connectivity index (χ0) is 10.7. The number of pyridine rings is 1. The van der Waals surface area contributed by atoms with Crippen molar-refractivity contribution in [2.45, 2.75) is 5.92 Å². The van der Waals surface area contributed by atoms with Gasteiger partial charge in [-0.1, -0.05) is 24.3 Å². The average Bonchev–Trinajstić information content (AvgIpc) is 2.31. The van der Waals surface area contributed by atoms with Crippen LogP contribution in [0.25, 0.3) is 10.8 Å². The van der Waals surface area contributed by atoms with E-state index in [0.717, 1.165) is 16.5 Å². The van der Waals surface area contributed by atoms with E-state index in [1.54, 1.807) is 6.20 Å². The van der Waals surface area contributed by atoms with Crippen LogP contribution in [0.2, 0.25) is 0 Å². The highest BCUT2D eigenvalue weighted by molar-refractivity contribution is 5.84. The topological polar surface area (TPSA) is 53.4 Å². The van der Waals surface area contributed by atoms with Crippen molar-refractivity contribution >= 4 is 10.8 Å². The monoisotopic (exact) mass is 203 g/mol. The molecule has 1 heterocycles. The summed E-state index contributed by atoms with van der Waals surface area (Å²) in [5.74, 6) is -0.295. The maximum Gasteiger partial charge on any atom is 0.0558 e. The summed E-state index contributed by atoms with van der Waals surface area (Å²) in [7, 11) is 0. The summed E-state index contributed by atoms with van der Waals surface area (Å²) in [6.07, 6.45) is 1.70. The molecule has 0 unspecified atom stereocenters. The minimum Gasteiger partial charge on any atom is -0.396 e. The summed E-state index contributed by atoms with van der Waals surface area (Å²) < 4.78 is 0. The number of rotatable bonds is 3. The van der Waals surface area contributed by atoms with Crippen molar-refractivity contribution in [2.24, 2.45) is 0 Å². The SMILES string of the molecule is OCC(CO)c1nccc2ccccc12. The summed E-state index contributed by atoms with van der Waals surface area (Å²) in [6, 6.07) is 9.76. The number of aliphatic hydroxyl groups is 2. The Morgan fingerprint density at radius 2 is 1.80 bits per heavy atom. The Kier molecular flexibility index (Phi) is 2.94. The molecule has 2 N–H and O–H groups in total. The van der Waals surface area contributed by atoms with Crippen LogP contribution in [-0.4, -0.2) is 28.4 Å². The van der Waals surface area contributed by atoms with Gasteiger partial charge in [-0.15, -0.1) is 0 Å². The molecule has 0 spiro atoms. The molecule has 0 bridgehead atoms. The normalized spacial score (nSPS) is 11.1. The van der Waals surface area contributed by atoms with Crippen LogP contribution in [0.4, 0.5) is 0 Å². The van der Waals surface area contributed by atoms with Gasteiger partial charge in [0.2, 0.25) is 0 Å². The third-order valence-electron chi connectivity index (χ3n) is 2.53. The highest BCUT2D eigenvalue weighted by atomic mass is 16.3. The summed E-state index contributed by atoms with van der Waals surface area (Å²) in [5, 5.41) is 20.3. The highest BCUT2D eigenvalue weighted by Crippen LogP contribution is 2.22. The van der Waals surface area contributed by atoms with E-state index in [9.17, 15) is 0 Å². The van der Waals surface area contributed by atoms with Crippen molar-refractivity contribution in [3.8, 4) is 0 Å². The molecule has 0 saturated heterocycles. The molecule has 2 aromatic rings. The van der Waals surface area contributed by atoms with Crippen LogP contribution in [0.3, 0.4) is 0 Å². The van der Waals surface area contributed by atoms with Gasteiger partial charge in [0.05, 0.1) is 18.9 Å². The van der Waals surface area contributed by atoms with E-state index in [4.69, 9.17) is 10.2 Å². The molecular formula is C12H13NO2. The molecule has 0 aliphatic heterocycles. The molecule has 3 heteroatoms. The third kappa shape index (κ3) is 1.84. The highest BCUT2D eigenvalue weighted by Gasteiger charge is 2.13. The first-order valence-electron chi connectivity index (χ1n) is 4.92. The first kappa shape index (κ1) is 10.1. The molecule has 0 aliphatic carbocycles. The Hall–Kier alpha value is -1.45. The van der Waals surface area contributed by atoms with Crippen LogP contribution in [0.5, 0.6) is 0 Å². The van der Waals surface area contributed by atoms with Gasteiger partial charge in [-0.05, 0) is 11.5 Å². The zero-order valence-electron chi connectivity index (χ0n) is 8.30. The second kappa shape index (κ2) is 4.38. The lowest BCUT2D eigenvalue weighted by Gasteiger charge is -2.12. The van der Waals surface area contributed by atoms with Crippen molar-refractivity contribution in [1.82, 2.24) is 4.98 Å². The van der Waals surface area contributed by atoms with Crippen molar-refractivity contribution in [3.05, 3.63) is 42.2 Å². The number of benzene rings is 1. The van der Waals surface area contributed by atoms with E-state index >= 15 is 0 Å². The molecule has 0 aliphatic rings. The van der Waals surface area contributed by atoms with Gasteiger partial charge in [-0.3, -0.25) is 4.98 Å². The van der Waals surface area contributed by atoms with Gasteiger partial charge < -0.3 is 10.2 Å². The van der Waals surface area contributed by atoms with Crippen molar-refractivity contribution in [3.63, 3.8) is 0 Å². The molecular weight excluding hydrogens is 190 g/mol. The van der Waals surface area contributed by atoms with E-state index < -0.39 is 0 Å². The fourth-order valence-corrected chi connectivity index (χ4v) is 1.70. The summed E-state index contributed by atoms with van der Waals surface area (Å²) in [4.78, 5) is 4.23. The Morgan fingerprint density at radius 3 is 2.53 bits per heavy atom. The van der Waals surface area contributed by atoms with Crippen molar-refractivity contribution in [1.29, 1.82) is 0 Å². The molecule has 1 aromatic heterocycles. The fraction of sp³-hybridized carbons (Fsp3) is 0.250. The number of aromatic nitrogens is 1. The van der Waals surface area contributed by atoms with Gasteiger partial charge in [0.25, 0.3) is 0 Å². The van der Waals surface area contributed by atoms with Gasteiger partial charge >= 0.3 is 0 Å². The first-order valence-corrected chi connectivity index (χ1v) is 4.92. The summed E-state index contributed by atoms with van der Waals surface area (Å²) >= 11 is 0. The quantitative estimate of drug-likeness (QED) is 0.790. The number of aliphatic hydroxyl groups excluding tert-OH is 2.